The lowest BCUT2D eigenvalue weighted by atomic mass is 9.91. The van der Waals surface area contributed by atoms with Gasteiger partial charge < -0.3 is 15.2 Å². The maximum Gasteiger partial charge on any atom is 0.251 e. The normalized spacial score (nSPS) is 15.3. The fourth-order valence-electron chi connectivity index (χ4n) is 4.05. The summed E-state index contributed by atoms with van der Waals surface area (Å²) in [6.07, 6.45) is 1.59. The third-order valence-corrected chi connectivity index (χ3v) is 6.60. The third kappa shape index (κ3) is 5.80. The Morgan fingerprint density at radius 2 is 2.00 bits per heavy atom. The van der Waals surface area contributed by atoms with Crippen LogP contribution in [0.25, 0.3) is 0 Å². The van der Waals surface area contributed by atoms with Gasteiger partial charge in [0.2, 0.25) is 0 Å². The van der Waals surface area contributed by atoms with Crippen molar-refractivity contribution in [3.8, 4) is 5.75 Å². The number of aliphatic hydroxyl groups is 1. The topological polar surface area (TPSA) is 61.8 Å². The molecule has 2 N–H and O–H groups in total. The minimum Gasteiger partial charge on any atom is -0.493 e. The van der Waals surface area contributed by atoms with E-state index in [0.29, 0.717) is 24.6 Å². The Bertz CT molecular complexity index is 947. The first-order valence-electron chi connectivity index (χ1n) is 11.1. The Kier molecular flexibility index (Phi) is 8.51. The summed E-state index contributed by atoms with van der Waals surface area (Å²) in [5.74, 6) is 0.521. The van der Waals surface area contributed by atoms with E-state index in [1.54, 1.807) is 0 Å². The molecule has 0 spiro atoms. The van der Waals surface area contributed by atoms with Crippen molar-refractivity contribution in [2.75, 3.05) is 32.8 Å². The molecule has 0 radical (unpaired) electrons. The number of aliphatic hydroxyl groups excluding tert-OH is 1. The molecule has 0 aliphatic carbocycles. The lowest BCUT2D eigenvalue weighted by molar-refractivity contribution is 0.0569. The first-order chi connectivity index (χ1) is 15.3. The molecule has 7 heteroatoms. The van der Waals surface area contributed by atoms with Gasteiger partial charge in [-0.1, -0.05) is 17.7 Å². The van der Waals surface area contributed by atoms with Crippen LogP contribution in [0.3, 0.4) is 0 Å². The Balaban J connectivity index is 1.49. The van der Waals surface area contributed by atoms with Crippen molar-refractivity contribution < 1.29 is 19.0 Å². The minimum absolute atomic E-state index is 0.0477. The van der Waals surface area contributed by atoms with Crippen LogP contribution in [0, 0.1) is 25.6 Å². The molecule has 3 rings (SSSR count). The van der Waals surface area contributed by atoms with Gasteiger partial charge in [0.25, 0.3) is 5.91 Å². The van der Waals surface area contributed by atoms with E-state index in [9.17, 15) is 9.18 Å². The van der Waals surface area contributed by atoms with Crippen LogP contribution in [-0.2, 0) is 0 Å². The average molecular weight is 463 g/mol. The molecule has 32 heavy (non-hydrogen) atoms. The number of nitrogens with one attached hydrogen (secondary N) is 1. The zero-order valence-corrected chi connectivity index (χ0v) is 19.7. The first-order valence-corrected chi connectivity index (χ1v) is 11.5. The molecule has 5 nitrogen and oxygen atoms in total. The van der Waals surface area contributed by atoms with Crippen molar-refractivity contribution >= 4 is 17.5 Å². The maximum atomic E-state index is 13.3. The number of benzene rings is 2. The van der Waals surface area contributed by atoms with Gasteiger partial charge in [0.15, 0.2) is 0 Å². The lowest BCUT2D eigenvalue weighted by Gasteiger charge is -2.44. The van der Waals surface area contributed by atoms with Gasteiger partial charge >= 0.3 is 0 Å². The highest BCUT2D eigenvalue weighted by molar-refractivity contribution is 6.31. The highest BCUT2D eigenvalue weighted by Gasteiger charge is 2.32. The molecule has 174 valence electrons. The molecule has 1 saturated heterocycles. The number of ether oxygens (including phenoxy) is 1. The Labute approximate surface area is 194 Å². The van der Waals surface area contributed by atoms with E-state index in [0.717, 1.165) is 37.2 Å². The second-order valence-electron chi connectivity index (χ2n) is 8.52. The molecule has 2 aromatic rings. The Morgan fingerprint density at radius 3 is 2.69 bits per heavy atom. The summed E-state index contributed by atoms with van der Waals surface area (Å²) < 4.78 is 19.2. The van der Waals surface area contributed by atoms with E-state index >= 15 is 0 Å². The molecule has 0 aromatic heterocycles. The highest BCUT2D eigenvalue weighted by atomic mass is 35.5. The predicted molar refractivity (Wildman–Crippen MR) is 125 cm³/mol. The van der Waals surface area contributed by atoms with E-state index in [1.807, 2.05) is 6.07 Å². The van der Waals surface area contributed by atoms with Crippen LogP contribution in [0.2, 0.25) is 5.02 Å². The predicted octanol–water partition coefficient (Wildman–Crippen LogP) is 4.67. The van der Waals surface area contributed by atoms with E-state index < -0.39 is 5.82 Å². The molecule has 0 saturated carbocycles. The molecule has 1 heterocycles. The third-order valence-electron chi connectivity index (χ3n) is 6.31. The van der Waals surface area contributed by atoms with Crippen LogP contribution in [0.15, 0.2) is 30.3 Å². The fraction of sp³-hybridized carbons (Fsp3) is 0.480. The number of nitrogens with zero attached hydrogens (tertiary/aromatic N) is 1. The highest BCUT2D eigenvalue weighted by Crippen LogP contribution is 2.34. The minimum atomic E-state index is -0.529. The Hall–Kier alpha value is -2.15. The van der Waals surface area contributed by atoms with Crippen molar-refractivity contribution in [1.82, 2.24) is 10.2 Å². The molecule has 1 aliphatic heterocycles. The lowest BCUT2D eigenvalue weighted by Crippen LogP contribution is -2.52. The molecule has 0 bridgehead atoms. The van der Waals surface area contributed by atoms with E-state index in [4.69, 9.17) is 21.4 Å². The van der Waals surface area contributed by atoms with Gasteiger partial charge in [-0.2, -0.15) is 0 Å². The number of halogens is 2. The second-order valence-corrected chi connectivity index (χ2v) is 8.92. The van der Waals surface area contributed by atoms with Gasteiger partial charge in [-0.25, -0.2) is 4.39 Å². The summed E-state index contributed by atoms with van der Waals surface area (Å²) in [5.41, 5.74) is 4.04. The number of amides is 1. The number of carbonyl (C=O) groups excluding carboxylic acids is 1. The van der Waals surface area contributed by atoms with Crippen molar-refractivity contribution in [3.63, 3.8) is 0 Å². The maximum absolute atomic E-state index is 13.3. The van der Waals surface area contributed by atoms with Crippen LogP contribution in [0.4, 0.5) is 4.39 Å². The van der Waals surface area contributed by atoms with Gasteiger partial charge in [0, 0.05) is 43.8 Å². The largest absolute Gasteiger partial charge is 0.493 e. The van der Waals surface area contributed by atoms with Crippen molar-refractivity contribution in [2.24, 2.45) is 5.92 Å². The molecular formula is C25H32ClFN2O3. The molecule has 1 atom stereocenters. The first kappa shape index (κ1) is 24.5. The Morgan fingerprint density at radius 1 is 1.25 bits per heavy atom. The van der Waals surface area contributed by atoms with Gasteiger partial charge in [-0.3, -0.25) is 9.69 Å². The van der Waals surface area contributed by atoms with Crippen molar-refractivity contribution in [3.05, 3.63) is 63.4 Å². The monoisotopic (exact) mass is 462 g/mol. The summed E-state index contributed by atoms with van der Waals surface area (Å²) in [6, 6.07) is 8.46. The molecule has 1 fully saturated rings. The summed E-state index contributed by atoms with van der Waals surface area (Å²) >= 11 is 5.76. The standard InChI is InChI=1S/C25H32ClFN2O3/c1-16-17(2)24(32-11-5-4-10-30)9-7-21(16)18(3)29-14-19(15-29)13-28-25(31)20-6-8-23(27)22(26)12-20/h6-9,12,18-19,30H,4-5,10-11,13-15H2,1-3H3,(H,28,31). The SMILES string of the molecule is Cc1c(OCCCCO)ccc(C(C)N2CC(CNC(=O)c3ccc(F)c(Cl)c3)C2)c1C. The zero-order valence-electron chi connectivity index (χ0n) is 19.0. The summed E-state index contributed by atoms with van der Waals surface area (Å²) in [5, 5.41) is 11.8. The average Bonchev–Trinajstić information content (AvgIpc) is 2.74. The van der Waals surface area contributed by atoms with E-state index in [-0.39, 0.29) is 23.6 Å². The number of hydrogen-bond donors (Lipinski definition) is 2. The summed E-state index contributed by atoms with van der Waals surface area (Å²) in [4.78, 5) is 14.7. The van der Waals surface area contributed by atoms with E-state index in [1.165, 1.54) is 29.3 Å². The molecule has 2 aromatic carbocycles. The van der Waals surface area contributed by atoms with Crippen LogP contribution in [0.1, 0.15) is 52.9 Å². The van der Waals surface area contributed by atoms with Crippen LogP contribution >= 0.6 is 11.6 Å². The van der Waals surface area contributed by atoms with Crippen molar-refractivity contribution in [1.29, 1.82) is 0 Å². The quantitative estimate of drug-likeness (QED) is 0.504. The number of rotatable bonds is 10. The van der Waals surface area contributed by atoms with Gasteiger partial charge in [-0.15, -0.1) is 0 Å². The van der Waals surface area contributed by atoms with Gasteiger partial charge in [0.1, 0.15) is 11.6 Å². The van der Waals surface area contributed by atoms with Crippen LogP contribution in [-0.4, -0.2) is 48.8 Å². The second kappa shape index (κ2) is 11.1. The van der Waals surface area contributed by atoms with E-state index in [2.05, 4.69) is 37.1 Å². The van der Waals surface area contributed by atoms with Crippen LogP contribution < -0.4 is 10.1 Å². The molecule has 1 unspecified atom stereocenters. The van der Waals surface area contributed by atoms with Gasteiger partial charge in [0.05, 0.1) is 11.6 Å². The zero-order chi connectivity index (χ0) is 23.3. The number of hydrogen-bond acceptors (Lipinski definition) is 4. The van der Waals surface area contributed by atoms with Crippen LogP contribution in [0.5, 0.6) is 5.75 Å². The summed E-state index contributed by atoms with van der Waals surface area (Å²) in [6.45, 7) is 9.62. The van der Waals surface area contributed by atoms with Gasteiger partial charge in [-0.05, 0) is 74.6 Å². The molecular weight excluding hydrogens is 431 g/mol. The number of carbonyl (C=O) groups is 1. The number of unbranched alkanes of at least 4 members (excludes halogenated alkanes) is 1. The smallest absolute Gasteiger partial charge is 0.251 e. The number of likely N-dealkylation sites (tertiary alicyclic amines) is 1. The van der Waals surface area contributed by atoms with Crippen molar-refractivity contribution in [2.45, 2.75) is 39.7 Å². The molecule has 1 aliphatic rings. The summed E-state index contributed by atoms with van der Waals surface area (Å²) in [7, 11) is 0. The molecule has 1 amide bonds. The fourth-order valence-corrected chi connectivity index (χ4v) is 4.23.